The first-order chi connectivity index (χ1) is 10.1. The van der Waals surface area contributed by atoms with Gasteiger partial charge in [0, 0.05) is 13.1 Å². The van der Waals surface area contributed by atoms with Crippen LogP contribution in [0.5, 0.6) is 5.75 Å². The van der Waals surface area contributed by atoms with Crippen LogP contribution in [0.3, 0.4) is 0 Å². The highest BCUT2D eigenvalue weighted by Gasteiger charge is 2.16. The highest BCUT2D eigenvalue weighted by molar-refractivity contribution is 6.32. The predicted molar refractivity (Wildman–Crippen MR) is 77.2 cm³/mol. The summed E-state index contributed by atoms with van der Waals surface area (Å²) in [5, 5.41) is 9.38. The smallest absolute Gasteiger partial charge is 0.307 e. The Morgan fingerprint density at radius 3 is 2.62 bits per heavy atom. The minimum absolute atomic E-state index is 0.0638. The van der Waals surface area contributed by atoms with Gasteiger partial charge in [0.25, 0.3) is 5.91 Å². The van der Waals surface area contributed by atoms with Crippen LogP contribution in [0.15, 0.2) is 24.3 Å². The molecule has 116 valence electrons. The first-order valence-electron chi connectivity index (χ1n) is 6.41. The molecule has 1 amide bonds. The van der Waals surface area contributed by atoms with Gasteiger partial charge in [-0.05, 0) is 12.1 Å². The van der Waals surface area contributed by atoms with Crippen molar-refractivity contribution in [2.24, 2.45) is 0 Å². The maximum atomic E-state index is 12.0. The molecule has 0 aliphatic rings. The number of aliphatic hydroxyl groups excluding tert-OH is 1. The number of methoxy groups -OCH3 is 1. The standard InChI is InChI=1S/C14H18ClNO5/c1-20-14(19)6-7-16(8-9-17)13(18)10-21-12-5-3-2-4-11(12)15/h2-5,17H,6-10H2,1H3. The third-order valence-corrected chi connectivity index (χ3v) is 3.04. The molecule has 7 heteroatoms. The topological polar surface area (TPSA) is 76.1 Å². The van der Waals surface area contributed by atoms with Crippen molar-refractivity contribution in [3.63, 3.8) is 0 Å². The molecule has 0 spiro atoms. The molecule has 0 atom stereocenters. The van der Waals surface area contributed by atoms with Crippen molar-refractivity contribution in [2.45, 2.75) is 6.42 Å². The van der Waals surface area contributed by atoms with Gasteiger partial charge < -0.3 is 19.5 Å². The molecule has 0 radical (unpaired) electrons. The average molecular weight is 316 g/mol. The fraction of sp³-hybridized carbons (Fsp3) is 0.429. The van der Waals surface area contributed by atoms with Crippen LogP contribution in [-0.4, -0.2) is 55.3 Å². The predicted octanol–water partition coefficient (Wildman–Crippen LogP) is 1.10. The Kier molecular flexibility index (Phi) is 7.56. The van der Waals surface area contributed by atoms with E-state index < -0.39 is 5.97 Å². The lowest BCUT2D eigenvalue weighted by atomic mass is 10.3. The SMILES string of the molecule is COC(=O)CCN(CCO)C(=O)COc1ccccc1Cl. The van der Waals surface area contributed by atoms with Crippen LogP contribution in [0, 0.1) is 0 Å². The molecule has 1 aromatic rings. The number of carbonyl (C=O) groups is 2. The summed E-state index contributed by atoms with van der Waals surface area (Å²) in [4.78, 5) is 24.5. The second-order valence-corrected chi connectivity index (χ2v) is 4.56. The molecule has 0 heterocycles. The van der Waals surface area contributed by atoms with Gasteiger partial charge in [0.1, 0.15) is 5.75 Å². The molecule has 0 fully saturated rings. The van der Waals surface area contributed by atoms with E-state index in [0.29, 0.717) is 10.8 Å². The van der Waals surface area contributed by atoms with E-state index in [9.17, 15) is 9.59 Å². The van der Waals surface area contributed by atoms with E-state index in [4.69, 9.17) is 21.4 Å². The normalized spacial score (nSPS) is 10.0. The van der Waals surface area contributed by atoms with Crippen LogP contribution < -0.4 is 4.74 Å². The first-order valence-corrected chi connectivity index (χ1v) is 6.79. The van der Waals surface area contributed by atoms with Crippen molar-refractivity contribution in [2.75, 3.05) is 33.4 Å². The summed E-state index contributed by atoms with van der Waals surface area (Å²) in [6.07, 6.45) is 0.0638. The Morgan fingerprint density at radius 2 is 2.00 bits per heavy atom. The Balaban J connectivity index is 2.52. The minimum Gasteiger partial charge on any atom is -0.482 e. The number of nitrogens with zero attached hydrogens (tertiary/aromatic N) is 1. The van der Waals surface area contributed by atoms with Crippen molar-refractivity contribution in [3.8, 4) is 5.75 Å². The summed E-state index contributed by atoms with van der Waals surface area (Å²) in [5.41, 5.74) is 0. The lowest BCUT2D eigenvalue weighted by molar-refractivity contribution is -0.142. The van der Waals surface area contributed by atoms with Crippen LogP contribution in [0.2, 0.25) is 5.02 Å². The molecule has 1 N–H and O–H groups in total. The van der Waals surface area contributed by atoms with Crippen LogP contribution in [-0.2, 0) is 14.3 Å². The number of hydrogen-bond donors (Lipinski definition) is 1. The zero-order valence-corrected chi connectivity index (χ0v) is 12.5. The Bertz CT molecular complexity index is 480. The summed E-state index contributed by atoms with van der Waals surface area (Å²) < 4.78 is 9.85. The maximum absolute atomic E-state index is 12.0. The molecule has 0 aliphatic heterocycles. The summed E-state index contributed by atoms with van der Waals surface area (Å²) in [6, 6.07) is 6.81. The molecule has 6 nitrogen and oxygen atoms in total. The van der Waals surface area contributed by atoms with Gasteiger partial charge in [-0.25, -0.2) is 0 Å². The molecule has 0 saturated heterocycles. The number of benzene rings is 1. The van der Waals surface area contributed by atoms with Gasteiger partial charge in [-0.3, -0.25) is 9.59 Å². The van der Waals surface area contributed by atoms with E-state index >= 15 is 0 Å². The fourth-order valence-corrected chi connectivity index (χ4v) is 1.79. The molecule has 0 bridgehead atoms. The van der Waals surface area contributed by atoms with Gasteiger partial charge in [0.2, 0.25) is 0 Å². The number of hydrogen-bond acceptors (Lipinski definition) is 5. The first kappa shape index (κ1) is 17.3. The van der Waals surface area contributed by atoms with Crippen molar-refractivity contribution < 1.29 is 24.2 Å². The van der Waals surface area contributed by atoms with Crippen LogP contribution in [0.4, 0.5) is 0 Å². The third kappa shape index (κ3) is 6.01. The Hall–Kier alpha value is -1.79. The van der Waals surface area contributed by atoms with Gasteiger partial charge in [0.15, 0.2) is 6.61 Å². The molecule has 0 aromatic heterocycles. The van der Waals surface area contributed by atoms with Gasteiger partial charge >= 0.3 is 5.97 Å². The fourth-order valence-electron chi connectivity index (χ4n) is 1.60. The van der Waals surface area contributed by atoms with Crippen molar-refractivity contribution in [3.05, 3.63) is 29.3 Å². The largest absolute Gasteiger partial charge is 0.482 e. The second kappa shape index (κ2) is 9.20. The van der Waals surface area contributed by atoms with Crippen molar-refractivity contribution in [1.82, 2.24) is 4.90 Å². The van der Waals surface area contributed by atoms with E-state index in [-0.39, 0.29) is 38.6 Å². The van der Waals surface area contributed by atoms with E-state index in [1.54, 1.807) is 24.3 Å². The lowest BCUT2D eigenvalue weighted by Crippen LogP contribution is -2.38. The van der Waals surface area contributed by atoms with E-state index in [0.717, 1.165) is 0 Å². The van der Waals surface area contributed by atoms with E-state index in [2.05, 4.69) is 4.74 Å². The molecular formula is C14H18ClNO5. The number of amides is 1. The zero-order valence-electron chi connectivity index (χ0n) is 11.8. The summed E-state index contributed by atoms with van der Waals surface area (Å²) >= 11 is 5.92. The van der Waals surface area contributed by atoms with E-state index in [1.165, 1.54) is 12.0 Å². The molecule has 1 aromatic carbocycles. The van der Waals surface area contributed by atoms with E-state index in [1.807, 2.05) is 0 Å². The Labute approximate surface area is 128 Å². The number of rotatable bonds is 8. The number of halogens is 1. The molecule has 21 heavy (non-hydrogen) atoms. The highest BCUT2D eigenvalue weighted by atomic mass is 35.5. The quantitative estimate of drug-likeness (QED) is 0.727. The number of esters is 1. The summed E-state index contributed by atoms with van der Waals surface area (Å²) in [7, 11) is 1.28. The monoisotopic (exact) mass is 315 g/mol. The van der Waals surface area contributed by atoms with Gasteiger partial charge in [0.05, 0.1) is 25.2 Å². The molecular weight excluding hydrogens is 298 g/mol. The van der Waals surface area contributed by atoms with Crippen LogP contribution in [0.25, 0.3) is 0 Å². The Morgan fingerprint density at radius 1 is 1.29 bits per heavy atom. The number of aliphatic hydroxyl groups is 1. The van der Waals surface area contributed by atoms with Crippen LogP contribution in [0.1, 0.15) is 6.42 Å². The molecule has 1 rings (SSSR count). The van der Waals surface area contributed by atoms with Crippen molar-refractivity contribution >= 4 is 23.5 Å². The molecule has 0 saturated carbocycles. The highest BCUT2D eigenvalue weighted by Crippen LogP contribution is 2.22. The second-order valence-electron chi connectivity index (χ2n) is 4.15. The maximum Gasteiger partial charge on any atom is 0.307 e. The van der Waals surface area contributed by atoms with Gasteiger partial charge in [-0.15, -0.1) is 0 Å². The molecule has 0 aliphatic carbocycles. The number of carbonyl (C=O) groups excluding carboxylic acids is 2. The van der Waals surface area contributed by atoms with Gasteiger partial charge in [-0.2, -0.15) is 0 Å². The number of para-hydroxylation sites is 1. The van der Waals surface area contributed by atoms with Gasteiger partial charge in [-0.1, -0.05) is 23.7 Å². The summed E-state index contributed by atoms with van der Waals surface area (Å²) in [6.45, 7) is -0.121. The average Bonchev–Trinajstić information content (AvgIpc) is 2.49. The van der Waals surface area contributed by atoms with Crippen LogP contribution >= 0.6 is 11.6 Å². The zero-order chi connectivity index (χ0) is 15.7. The third-order valence-electron chi connectivity index (χ3n) is 2.72. The number of ether oxygens (including phenoxy) is 2. The minimum atomic E-state index is -0.419. The summed E-state index contributed by atoms with van der Waals surface area (Å²) in [5.74, 6) is -0.352. The molecule has 0 unspecified atom stereocenters. The van der Waals surface area contributed by atoms with Crippen molar-refractivity contribution in [1.29, 1.82) is 0 Å². The lowest BCUT2D eigenvalue weighted by Gasteiger charge is -2.21.